The highest BCUT2D eigenvalue weighted by molar-refractivity contribution is 7.10. The fraction of sp³-hybridized carbons (Fsp3) is 0.581. The molecule has 7 nitrogen and oxygen atoms in total. The topological polar surface area (TPSA) is 67.3 Å². The number of thiophene rings is 2. The first-order valence-electron chi connectivity index (χ1n) is 13.9. The number of aliphatic hydroxyl groups excluding tert-OH is 1. The van der Waals surface area contributed by atoms with Crippen molar-refractivity contribution >= 4 is 28.4 Å². The number of aliphatic hydroxyl groups is 1. The van der Waals surface area contributed by atoms with Gasteiger partial charge in [0.1, 0.15) is 6.79 Å². The molecule has 228 valence electrons. The van der Waals surface area contributed by atoms with Gasteiger partial charge in [-0.25, -0.2) is 0 Å². The Bertz CT molecular complexity index is 869. The van der Waals surface area contributed by atoms with E-state index < -0.39 is 0 Å². The van der Waals surface area contributed by atoms with Gasteiger partial charge in [0.05, 0.1) is 19.8 Å². The highest BCUT2D eigenvalue weighted by atomic mass is 32.1. The normalized spacial score (nSPS) is 10.4. The molecule has 0 saturated carbocycles. The smallest absolute Gasteiger partial charge is 0.146 e. The Morgan fingerprint density at radius 3 is 1.75 bits per heavy atom. The molecule has 0 aliphatic rings. The van der Waals surface area contributed by atoms with Crippen LogP contribution in [-0.2, 0) is 27.1 Å². The van der Waals surface area contributed by atoms with Crippen molar-refractivity contribution in [1.82, 2.24) is 9.88 Å². The molecule has 0 bridgehead atoms. The number of rotatable bonds is 14. The molecule has 0 saturated heterocycles. The lowest BCUT2D eigenvalue weighted by Crippen LogP contribution is -2.36. The zero-order chi connectivity index (χ0) is 30.0. The Balaban J connectivity index is 0.000000521. The number of nitrogens with zero attached hydrogens (tertiary/aromatic N) is 3. The molecule has 3 aromatic rings. The van der Waals surface area contributed by atoms with Crippen molar-refractivity contribution in [2.24, 2.45) is 0 Å². The molecule has 0 aliphatic heterocycles. The van der Waals surface area contributed by atoms with E-state index in [1.165, 1.54) is 15.4 Å². The van der Waals surface area contributed by atoms with E-state index in [4.69, 9.17) is 19.3 Å². The van der Waals surface area contributed by atoms with Crippen LogP contribution in [0.2, 0.25) is 0 Å². The second kappa shape index (κ2) is 26.1. The maximum absolute atomic E-state index is 8.44. The van der Waals surface area contributed by atoms with Gasteiger partial charge in [0.25, 0.3) is 0 Å². The molecule has 40 heavy (non-hydrogen) atoms. The minimum Gasteiger partial charge on any atom is -0.396 e. The fourth-order valence-corrected chi connectivity index (χ4v) is 4.87. The standard InChI is InChI=1S/C10H16O3S.C8H19N.C7H10N2.C6H8OS/c1-11-6-7-13-9-12-5-4-10-3-2-8-14-10;1-6-9(7(2)3)8(4)5;1-9(2)7-3-5-8-6-4-7;7-4-3-6-2-1-5-8-6/h2-3,8H,4-7,9H2,1H3;7-8H,6H2,1-5H3;3-6H,1-2H3;1-2,5,7H,3-4H2. The average Bonchev–Trinajstić information content (AvgIpc) is 3.65. The number of hydrogen-bond acceptors (Lipinski definition) is 9. The van der Waals surface area contributed by atoms with Gasteiger partial charge in [-0.2, -0.15) is 0 Å². The number of hydrogen-bond donors (Lipinski definition) is 1. The van der Waals surface area contributed by atoms with E-state index in [1.807, 2.05) is 48.6 Å². The summed E-state index contributed by atoms with van der Waals surface area (Å²) >= 11 is 3.44. The van der Waals surface area contributed by atoms with E-state index in [0.29, 0.717) is 38.7 Å². The molecule has 3 rings (SSSR count). The van der Waals surface area contributed by atoms with Crippen LogP contribution in [0.5, 0.6) is 0 Å². The van der Waals surface area contributed by atoms with Crippen molar-refractivity contribution in [2.75, 3.05) is 65.9 Å². The van der Waals surface area contributed by atoms with Gasteiger partial charge in [-0.15, -0.1) is 22.7 Å². The Morgan fingerprint density at radius 1 is 0.825 bits per heavy atom. The molecule has 9 heteroatoms. The van der Waals surface area contributed by atoms with Gasteiger partial charge in [-0.1, -0.05) is 19.1 Å². The molecule has 0 amide bonds. The van der Waals surface area contributed by atoms with E-state index >= 15 is 0 Å². The molecule has 0 aromatic carbocycles. The van der Waals surface area contributed by atoms with Crippen LogP contribution >= 0.6 is 22.7 Å². The summed E-state index contributed by atoms with van der Waals surface area (Å²) in [6, 6.07) is 13.5. The summed E-state index contributed by atoms with van der Waals surface area (Å²) in [5.74, 6) is 0. The van der Waals surface area contributed by atoms with Gasteiger partial charge in [0.15, 0.2) is 0 Å². The predicted molar refractivity (Wildman–Crippen MR) is 173 cm³/mol. The first kappa shape index (κ1) is 38.1. The number of methoxy groups -OCH3 is 1. The SMILES string of the molecule is CCN(C(C)C)C(C)C.CN(C)c1ccncc1.COCCOCOCCc1cccs1.OCCc1cccs1. The third-order valence-electron chi connectivity index (χ3n) is 5.48. The van der Waals surface area contributed by atoms with Crippen LogP contribution in [0, 0.1) is 0 Å². The maximum atomic E-state index is 8.44. The molecule has 0 radical (unpaired) electrons. The minimum atomic E-state index is 0.264. The molecule has 0 atom stereocenters. The third kappa shape index (κ3) is 21.0. The van der Waals surface area contributed by atoms with Gasteiger partial charge < -0.3 is 24.2 Å². The molecule has 1 N–H and O–H groups in total. The lowest BCUT2D eigenvalue weighted by Gasteiger charge is -2.28. The van der Waals surface area contributed by atoms with Crippen molar-refractivity contribution in [3.63, 3.8) is 0 Å². The lowest BCUT2D eigenvalue weighted by atomic mass is 10.2. The van der Waals surface area contributed by atoms with Crippen LogP contribution in [-0.4, -0.2) is 88.0 Å². The summed E-state index contributed by atoms with van der Waals surface area (Å²) in [6.07, 6.45) is 5.34. The van der Waals surface area contributed by atoms with Crippen molar-refractivity contribution < 1.29 is 19.3 Å². The number of anilines is 1. The number of aromatic nitrogens is 1. The first-order valence-corrected chi connectivity index (χ1v) is 15.7. The van der Waals surface area contributed by atoms with Crippen LogP contribution in [0.4, 0.5) is 5.69 Å². The Kier molecular flexibility index (Phi) is 24.9. The first-order chi connectivity index (χ1) is 19.3. The van der Waals surface area contributed by atoms with E-state index in [0.717, 1.165) is 19.4 Å². The van der Waals surface area contributed by atoms with E-state index in [9.17, 15) is 0 Å². The van der Waals surface area contributed by atoms with Crippen LogP contribution < -0.4 is 4.90 Å². The van der Waals surface area contributed by atoms with Gasteiger partial charge in [0.2, 0.25) is 0 Å². The van der Waals surface area contributed by atoms with Crippen LogP contribution in [0.3, 0.4) is 0 Å². The quantitative estimate of drug-likeness (QED) is 0.169. The zero-order valence-corrected chi connectivity index (χ0v) is 27.5. The van der Waals surface area contributed by atoms with Gasteiger partial charge >= 0.3 is 0 Å². The highest BCUT2D eigenvalue weighted by Gasteiger charge is 2.09. The van der Waals surface area contributed by atoms with Crippen molar-refractivity contribution in [1.29, 1.82) is 0 Å². The summed E-state index contributed by atoms with van der Waals surface area (Å²) in [4.78, 5) is 11.0. The predicted octanol–water partition coefficient (Wildman–Crippen LogP) is 6.48. The zero-order valence-electron chi connectivity index (χ0n) is 25.9. The molecular weight excluding hydrogens is 542 g/mol. The second-order valence-corrected chi connectivity index (χ2v) is 11.5. The fourth-order valence-electron chi connectivity index (χ4n) is 3.48. The molecular formula is C31H53N3O4S2. The maximum Gasteiger partial charge on any atom is 0.146 e. The number of pyridine rings is 1. The summed E-state index contributed by atoms with van der Waals surface area (Å²) in [5, 5.41) is 12.5. The monoisotopic (exact) mass is 595 g/mol. The van der Waals surface area contributed by atoms with Crippen LogP contribution in [0.25, 0.3) is 0 Å². The highest BCUT2D eigenvalue weighted by Crippen LogP contribution is 2.09. The minimum absolute atomic E-state index is 0.264. The second-order valence-electron chi connectivity index (χ2n) is 9.43. The Hall–Kier alpha value is -1.85. The van der Waals surface area contributed by atoms with Crippen LogP contribution in [0.15, 0.2) is 59.6 Å². The molecule has 3 aromatic heterocycles. The van der Waals surface area contributed by atoms with E-state index in [-0.39, 0.29) is 6.61 Å². The van der Waals surface area contributed by atoms with Crippen molar-refractivity contribution in [3.8, 4) is 0 Å². The Morgan fingerprint density at radius 2 is 1.38 bits per heavy atom. The van der Waals surface area contributed by atoms with E-state index in [1.54, 1.807) is 42.2 Å². The molecule has 0 unspecified atom stereocenters. The summed E-state index contributed by atoms with van der Waals surface area (Å²) in [7, 11) is 5.67. The summed E-state index contributed by atoms with van der Waals surface area (Å²) in [6.45, 7) is 14.9. The van der Waals surface area contributed by atoms with Gasteiger partial charge in [-0.3, -0.25) is 9.88 Å². The largest absolute Gasteiger partial charge is 0.396 e. The molecule has 0 aliphatic carbocycles. The van der Waals surface area contributed by atoms with Gasteiger partial charge in [-0.05, 0) is 69.3 Å². The van der Waals surface area contributed by atoms with Crippen molar-refractivity contribution in [3.05, 3.63) is 69.3 Å². The lowest BCUT2D eigenvalue weighted by molar-refractivity contribution is -0.0646. The molecule has 0 fully saturated rings. The van der Waals surface area contributed by atoms with Gasteiger partial charge in [0, 0.05) is 80.6 Å². The third-order valence-corrected chi connectivity index (χ3v) is 7.35. The molecule has 0 spiro atoms. The summed E-state index contributed by atoms with van der Waals surface area (Å²) < 4.78 is 15.3. The Labute approximate surface area is 251 Å². The van der Waals surface area contributed by atoms with Crippen LogP contribution in [0.1, 0.15) is 44.4 Å². The molecule has 3 heterocycles. The average molecular weight is 596 g/mol. The van der Waals surface area contributed by atoms with Crippen molar-refractivity contribution in [2.45, 2.75) is 59.5 Å². The van der Waals surface area contributed by atoms with E-state index in [2.05, 4.69) is 62.0 Å². The summed E-state index contributed by atoms with van der Waals surface area (Å²) in [5.41, 5.74) is 1.19. The number of ether oxygens (including phenoxy) is 3.